The van der Waals surface area contributed by atoms with Crippen LogP contribution in [0.15, 0.2) is 29.3 Å². The Morgan fingerprint density at radius 1 is 1.13 bits per heavy atom. The van der Waals surface area contributed by atoms with Crippen LogP contribution in [0.2, 0.25) is 0 Å². The number of isocyanates is 1. The highest BCUT2D eigenvalue weighted by molar-refractivity contribution is 6.66. The molecule has 0 bridgehead atoms. The van der Waals surface area contributed by atoms with Crippen molar-refractivity contribution in [1.29, 1.82) is 0 Å². The normalized spacial score (nSPS) is 11.3. The van der Waals surface area contributed by atoms with E-state index in [1.807, 2.05) is 24.3 Å². The fourth-order valence-corrected chi connectivity index (χ4v) is 1.81. The summed E-state index contributed by atoms with van der Waals surface area (Å²) >= 11 is 17.3. The molecule has 0 aliphatic heterocycles. The van der Waals surface area contributed by atoms with Gasteiger partial charge in [0.05, 0.1) is 7.11 Å². The Balaban J connectivity index is 2.35. The predicted octanol–water partition coefficient (Wildman–Crippen LogP) is 3.84. The number of carbonyl (C=O) groups excluding carboxylic acids is 1. The summed E-state index contributed by atoms with van der Waals surface area (Å²) in [6.45, 7) is 0. The molecule has 118 valence electrons. The highest BCUT2D eigenvalue weighted by atomic mass is 35.6. The maximum absolute atomic E-state index is 10.4. The topological polar surface area (TPSA) is 77.3 Å². The molecular formula is C14H9Cl3N4O2. The molecule has 0 spiro atoms. The molecule has 0 radical (unpaired) electrons. The van der Waals surface area contributed by atoms with E-state index in [-0.39, 0.29) is 17.6 Å². The van der Waals surface area contributed by atoms with Crippen LogP contribution < -0.4 is 4.74 Å². The molecule has 0 saturated heterocycles. The number of alkyl halides is 3. The minimum atomic E-state index is -1.86. The van der Waals surface area contributed by atoms with Gasteiger partial charge in [0.15, 0.2) is 11.6 Å². The van der Waals surface area contributed by atoms with Gasteiger partial charge >= 0.3 is 0 Å². The Morgan fingerprint density at radius 3 is 2.39 bits per heavy atom. The molecule has 0 N–H and O–H groups in total. The summed E-state index contributed by atoms with van der Waals surface area (Å²) in [6, 6.07) is 7.30. The van der Waals surface area contributed by atoms with Crippen LogP contribution in [0.3, 0.4) is 0 Å². The Hall–Kier alpha value is -1.98. The van der Waals surface area contributed by atoms with Crippen molar-refractivity contribution < 1.29 is 9.53 Å². The van der Waals surface area contributed by atoms with Crippen molar-refractivity contribution in [2.45, 2.75) is 3.79 Å². The Bertz CT molecular complexity index is 767. The summed E-state index contributed by atoms with van der Waals surface area (Å²) in [4.78, 5) is 25.4. The number of aliphatic imine (C=N–C) groups is 1. The van der Waals surface area contributed by atoms with Crippen molar-refractivity contribution in [2.75, 3.05) is 7.11 Å². The molecule has 0 aliphatic carbocycles. The van der Waals surface area contributed by atoms with E-state index in [1.54, 1.807) is 19.3 Å². The lowest BCUT2D eigenvalue weighted by atomic mass is 10.2. The van der Waals surface area contributed by atoms with Gasteiger partial charge in [0.2, 0.25) is 9.87 Å². The zero-order valence-electron chi connectivity index (χ0n) is 11.7. The zero-order chi connectivity index (χ0) is 16.9. The van der Waals surface area contributed by atoms with Gasteiger partial charge < -0.3 is 4.74 Å². The monoisotopic (exact) mass is 370 g/mol. The quantitative estimate of drug-likeness (QED) is 0.463. The number of halogens is 3. The van der Waals surface area contributed by atoms with E-state index < -0.39 is 3.79 Å². The van der Waals surface area contributed by atoms with Crippen LogP contribution in [0.25, 0.3) is 12.2 Å². The number of rotatable bonds is 4. The van der Waals surface area contributed by atoms with Crippen molar-refractivity contribution >= 4 is 59.0 Å². The molecule has 0 unspecified atom stereocenters. The van der Waals surface area contributed by atoms with Gasteiger partial charge in [0.1, 0.15) is 5.75 Å². The fraction of sp³-hybridized carbons (Fsp3) is 0.143. The molecule has 2 rings (SSSR count). The minimum Gasteiger partial charge on any atom is -0.497 e. The van der Waals surface area contributed by atoms with E-state index in [4.69, 9.17) is 39.5 Å². The van der Waals surface area contributed by atoms with Crippen LogP contribution in [-0.4, -0.2) is 28.1 Å². The number of aromatic nitrogens is 3. The van der Waals surface area contributed by atoms with Crippen LogP contribution in [-0.2, 0) is 8.59 Å². The third-order valence-corrected chi connectivity index (χ3v) is 3.09. The average molecular weight is 372 g/mol. The first kappa shape index (κ1) is 17.4. The summed E-state index contributed by atoms with van der Waals surface area (Å²) in [7, 11) is 1.59. The van der Waals surface area contributed by atoms with Crippen LogP contribution in [0, 0.1) is 0 Å². The number of nitrogens with zero attached hydrogens (tertiary/aromatic N) is 4. The molecule has 1 aromatic heterocycles. The lowest BCUT2D eigenvalue weighted by Gasteiger charge is -2.09. The number of methoxy groups -OCH3 is 1. The van der Waals surface area contributed by atoms with Crippen molar-refractivity contribution in [3.8, 4) is 5.75 Å². The molecule has 0 aliphatic rings. The Kier molecular flexibility index (Phi) is 5.69. The van der Waals surface area contributed by atoms with E-state index >= 15 is 0 Å². The molecule has 23 heavy (non-hydrogen) atoms. The van der Waals surface area contributed by atoms with Gasteiger partial charge in [0, 0.05) is 0 Å². The van der Waals surface area contributed by atoms with Gasteiger partial charge in [-0.05, 0) is 23.8 Å². The number of ether oxygens (including phenoxy) is 1. The summed E-state index contributed by atoms with van der Waals surface area (Å²) in [5.74, 6) is 0.598. The highest BCUT2D eigenvalue weighted by Crippen LogP contribution is 2.36. The van der Waals surface area contributed by atoms with Gasteiger partial charge in [-0.25, -0.2) is 9.78 Å². The van der Waals surface area contributed by atoms with Gasteiger partial charge in [-0.15, -0.1) is 4.99 Å². The Labute approximate surface area is 146 Å². The van der Waals surface area contributed by atoms with Crippen molar-refractivity contribution in [2.24, 2.45) is 4.99 Å². The highest BCUT2D eigenvalue weighted by Gasteiger charge is 2.28. The lowest BCUT2D eigenvalue weighted by Crippen LogP contribution is -2.09. The molecule has 0 fully saturated rings. The van der Waals surface area contributed by atoms with Crippen molar-refractivity contribution in [3.05, 3.63) is 41.5 Å². The van der Waals surface area contributed by atoms with Crippen LogP contribution in [0.5, 0.6) is 5.75 Å². The van der Waals surface area contributed by atoms with Crippen LogP contribution >= 0.6 is 34.8 Å². The second-order valence-electron chi connectivity index (χ2n) is 4.12. The van der Waals surface area contributed by atoms with Crippen LogP contribution in [0.1, 0.15) is 17.2 Å². The second kappa shape index (κ2) is 7.53. The lowest BCUT2D eigenvalue weighted by molar-refractivity contribution is 0.415. The smallest absolute Gasteiger partial charge is 0.264 e. The van der Waals surface area contributed by atoms with E-state index in [0.29, 0.717) is 0 Å². The zero-order valence-corrected chi connectivity index (χ0v) is 14.0. The van der Waals surface area contributed by atoms with Gasteiger partial charge in [-0.3, -0.25) is 0 Å². The number of hydrogen-bond donors (Lipinski definition) is 0. The van der Waals surface area contributed by atoms with E-state index in [2.05, 4.69) is 19.9 Å². The second-order valence-corrected chi connectivity index (χ2v) is 6.41. The summed E-state index contributed by atoms with van der Waals surface area (Å²) in [6.07, 6.45) is 4.65. The van der Waals surface area contributed by atoms with Crippen molar-refractivity contribution in [1.82, 2.24) is 15.0 Å². The largest absolute Gasteiger partial charge is 0.497 e. The molecule has 0 atom stereocenters. The summed E-state index contributed by atoms with van der Waals surface area (Å²) in [5.41, 5.74) is 0.877. The van der Waals surface area contributed by atoms with Gasteiger partial charge in [-0.2, -0.15) is 9.97 Å². The first-order valence-electron chi connectivity index (χ1n) is 6.15. The molecule has 9 heteroatoms. The standard InChI is InChI=1S/C14H9Cl3N4O2/c1-23-10-5-2-9(3-6-10)4-7-11-19-12(14(15,16)17)21-13(20-11)18-8-22/h2-7H,1H3/b7-4+. The molecule has 0 amide bonds. The summed E-state index contributed by atoms with van der Waals surface area (Å²) in [5, 5.41) is 0. The maximum Gasteiger partial charge on any atom is 0.264 e. The molecule has 0 saturated carbocycles. The van der Waals surface area contributed by atoms with E-state index in [1.165, 1.54) is 6.08 Å². The van der Waals surface area contributed by atoms with Gasteiger partial charge in [-0.1, -0.05) is 53.0 Å². The predicted molar refractivity (Wildman–Crippen MR) is 88.8 cm³/mol. The molecule has 2 aromatic rings. The first-order chi connectivity index (χ1) is 10.9. The molecule has 1 aromatic carbocycles. The molecule has 1 heterocycles. The van der Waals surface area contributed by atoms with E-state index in [9.17, 15) is 4.79 Å². The summed E-state index contributed by atoms with van der Waals surface area (Å²) < 4.78 is 3.22. The fourth-order valence-electron chi connectivity index (χ4n) is 1.56. The minimum absolute atomic E-state index is 0.138. The SMILES string of the molecule is COc1ccc(/C=C/c2nc(N=C=O)nc(C(Cl)(Cl)Cl)n2)cc1. The molecular weight excluding hydrogens is 363 g/mol. The Morgan fingerprint density at radius 2 is 1.83 bits per heavy atom. The van der Waals surface area contributed by atoms with E-state index in [0.717, 1.165) is 11.3 Å². The van der Waals surface area contributed by atoms with Crippen LogP contribution in [0.4, 0.5) is 5.95 Å². The van der Waals surface area contributed by atoms with Gasteiger partial charge in [0.25, 0.3) is 5.95 Å². The van der Waals surface area contributed by atoms with Crippen molar-refractivity contribution in [3.63, 3.8) is 0 Å². The third kappa shape index (κ3) is 5.01. The maximum atomic E-state index is 10.4. The molecule has 6 nitrogen and oxygen atoms in total. The number of hydrogen-bond acceptors (Lipinski definition) is 6. The average Bonchev–Trinajstić information content (AvgIpc) is 2.53. The third-order valence-electron chi connectivity index (χ3n) is 2.58. The number of benzene rings is 1. The first-order valence-corrected chi connectivity index (χ1v) is 7.29.